The minimum atomic E-state index is 0.918. The van der Waals surface area contributed by atoms with Crippen LogP contribution in [-0.4, -0.2) is 14.1 Å². The van der Waals surface area contributed by atoms with Crippen molar-refractivity contribution in [3.63, 3.8) is 0 Å². The first-order chi connectivity index (χ1) is 11.8. The van der Waals surface area contributed by atoms with E-state index in [4.69, 9.17) is 0 Å². The molecule has 0 spiro atoms. The van der Waals surface area contributed by atoms with Crippen LogP contribution in [0.1, 0.15) is 11.1 Å². The first-order valence-electron chi connectivity index (χ1n) is 7.39. The quantitative estimate of drug-likeness (QED) is 0.833. The molecule has 0 radical (unpaired) electrons. The summed E-state index contributed by atoms with van der Waals surface area (Å²) < 4.78 is 0. The molecule has 0 amide bonds. The Morgan fingerprint density at radius 3 is 1.17 bits per heavy atom. The first kappa shape index (κ1) is 16.6. The molecular weight excluding hydrogens is 292 g/mol. The molecule has 0 atom stereocenters. The Labute approximate surface area is 143 Å². The standard InChI is InChI=1S/C22H16N2/c1-23-21-15-11-19(12-16-21)9-7-5-3-4-6-8-10-20-13-17-22(24-2)18-14-20/h11-18,23-24H,1-2H3. The highest BCUT2D eigenvalue weighted by Crippen LogP contribution is 2.07. The molecule has 0 aromatic heterocycles. The second kappa shape index (κ2) is 9.33. The van der Waals surface area contributed by atoms with Gasteiger partial charge in [0, 0.05) is 36.6 Å². The number of hydrogen-bond donors (Lipinski definition) is 2. The number of rotatable bonds is 2. The smallest absolute Gasteiger partial charge is 0.0338 e. The van der Waals surface area contributed by atoms with Gasteiger partial charge in [-0.2, -0.15) is 0 Å². The van der Waals surface area contributed by atoms with Crippen molar-refractivity contribution in [2.24, 2.45) is 0 Å². The Balaban J connectivity index is 1.91. The topological polar surface area (TPSA) is 24.1 Å². The fraction of sp³-hybridized carbons (Fsp3) is 0.0909. The van der Waals surface area contributed by atoms with E-state index in [2.05, 4.69) is 58.0 Å². The zero-order valence-corrected chi connectivity index (χ0v) is 13.6. The lowest BCUT2D eigenvalue weighted by atomic mass is 10.2. The average molecular weight is 308 g/mol. The van der Waals surface area contributed by atoms with Crippen LogP contribution in [0.15, 0.2) is 48.5 Å². The summed E-state index contributed by atoms with van der Waals surface area (Å²) in [4.78, 5) is 0. The summed E-state index contributed by atoms with van der Waals surface area (Å²) in [6.45, 7) is 0. The molecule has 0 heterocycles. The molecule has 0 fully saturated rings. The minimum Gasteiger partial charge on any atom is -0.388 e. The SMILES string of the molecule is CNc1ccc(C#CC#CC#CC#Cc2ccc(NC)cc2)cc1. The molecule has 0 bridgehead atoms. The van der Waals surface area contributed by atoms with Gasteiger partial charge in [0.05, 0.1) is 0 Å². The van der Waals surface area contributed by atoms with E-state index in [1.807, 2.05) is 62.6 Å². The minimum absolute atomic E-state index is 0.918. The second-order valence-corrected chi connectivity index (χ2v) is 4.65. The summed E-state index contributed by atoms with van der Waals surface area (Å²) in [5.74, 6) is 22.2. The molecule has 2 nitrogen and oxygen atoms in total. The number of nitrogens with one attached hydrogen (secondary N) is 2. The monoisotopic (exact) mass is 308 g/mol. The van der Waals surface area contributed by atoms with Crippen molar-refractivity contribution in [3.8, 4) is 47.4 Å². The van der Waals surface area contributed by atoms with Crippen molar-refractivity contribution >= 4 is 11.4 Å². The van der Waals surface area contributed by atoms with E-state index in [-0.39, 0.29) is 0 Å². The maximum Gasteiger partial charge on any atom is 0.0338 e. The first-order valence-corrected chi connectivity index (χ1v) is 7.39. The van der Waals surface area contributed by atoms with E-state index in [9.17, 15) is 0 Å². The van der Waals surface area contributed by atoms with Crippen LogP contribution >= 0.6 is 0 Å². The van der Waals surface area contributed by atoms with Gasteiger partial charge in [0.2, 0.25) is 0 Å². The van der Waals surface area contributed by atoms with Crippen molar-refractivity contribution in [2.75, 3.05) is 24.7 Å². The molecule has 0 aliphatic rings. The van der Waals surface area contributed by atoms with Crippen molar-refractivity contribution < 1.29 is 0 Å². The van der Waals surface area contributed by atoms with Gasteiger partial charge in [-0.05, 0) is 84.1 Å². The van der Waals surface area contributed by atoms with Crippen molar-refractivity contribution in [2.45, 2.75) is 0 Å². The molecule has 24 heavy (non-hydrogen) atoms. The van der Waals surface area contributed by atoms with E-state index in [0.29, 0.717) is 0 Å². The maximum absolute atomic E-state index is 3.06. The van der Waals surface area contributed by atoms with Gasteiger partial charge in [0.1, 0.15) is 0 Å². The number of anilines is 2. The molecule has 0 unspecified atom stereocenters. The molecule has 2 heteroatoms. The fourth-order valence-corrected chi connectivity index (χ4v) is 1.77. The number of hydrogen-bond acceptors (Lipinski definition) is 2. The normalized spacial score (nSPS) is 7.92. The van der Waals surface area contributed by atoms with Gasteiger partial charge >= 0.3 is 0 Å². The lowest BCUT2D eigenvalue weighted by Crippen LogP contribution is -1.86. The zero-order chi connectivity index (χ0) is 17.0. The summed E-state index contributed by atoms with van der Waals surface area (Å²) in [5.41, 5.74) is 3.94. The highest BCUT2D eigenvalue weighted by Gasteiger charge is 1.88. The van der Waals surface area contributed by atoms with Gasteiger partial charge in [0.15, 0.2) is 0 Å². The summed E-state index contributed by atoms with van der Waals surface area (Å²) in [6.07, 6.45) is 0. The Hall–Kier alpha value is -3.72. The molecule has 0 saturated heterocycles. The van der Waals surface area contributed by atoms with Gasteiger partial charge in [-0.1, -0.05) is 11.8 Å². The van der Waals surface area contributed by atoms with Crippen LogP contribution in [0.4, 0.5) is 11.4 Å². The van der Waals surface area contributed by atoms with Crippen LogP contribution < -0.4 is 10.6 Å². The summed E-state index contributed by atoms with van der Waals surface area (Å²) in [5, 5.41) is 6.11. The second-order valence-electron chi connectivity index (χ2n) is 4.65. The van der Waals surface area contributed by atoms with Gasteiger partial charge < -0.3 is 10.6 Å². The lowest BCUT2D eigenvalue weighted by molar-refractivity contribution is 1.50. The van der Waals surface area contributed by atoms with E-state index < -0.39 is 0 Å². The third-order valence-corrected chi connectivity index (χ3v) is 3.07. The molecule has 2 N–H and O–H groups in total. The van der Waals surface area contributed by atoms with Crippen LogP contribution in [0.3, 0.4) is 0 Å². The maximum atomic E-state index is 3.06. The van der Waals surface area contributed by atoms with Crippen LogP contribution in [0.5, 0.6) is 0 Å². The molecular formula is C22H16N2. The molecule has 2 rings (SSSR count). The van der Waals surface area contributed by atoms with Gasteiger partial charge in [-0.3, -0.25) is 0 Å². The Bertz CT molecular complexity index is 839. The molecule has 2 aromatic rings. The molecule has 2 aromatic carbocycles. The molecule has 0 aliphatic heterocycles. The zero-order valence-electron chi connectivity index (χ0n) is 13.6. The van der Waals surface area contributed by atoms with Crippen LogP contribution in [0.2, 0.25) is 0 Å². The molecule has 0 aliphatic carbocycles. The van der Waals surface area contributed by atoms with Gasteiger partial charge in [-0.15, -0.1) is 0 Å². The third-order valence-electron chi connectivity index (χ3n) is 3.07. The Kier molecular flexibility index (Phi) is 6.47. The highest BCUT2D eigenvalue weighted by molar-refractivity contribution is 5.51. The van der Waals surface area contributed by atoms with E-state index in [0.717, 1.165) is 22.5 Å². The van der Waals surface area contributed by atoms with Gasteiger partial charge in [0.25, 0.3) is 0 Å². The van der Waals surface area contributed by atoms with E-state index in [1.165, 1.54) is 0 Å². The average Bonchev–Trinajstić information content (AvgIpc) is 2.65. The van der Waals surface area contributed by atoms with E-state index in [1.54, 1.807) is 0 Å². The number of benzene rings is 2. The fourth-order valence-electron chi connectivity index (χ4n) is 1.77. The van der Waals surface area contributed by atoms with Crippen LogP contribution in [0.25, 0.3) is 0 Å². The summed E-state index contributed by atoms with van der Waals surface area (Å²) in [7, 11) is 3.76. The third kappa shape index (κ3) is 5.58. The van der Waals surface area contributed by atoms with Crippen molar-refractivity contribution in [1.29, 1.82) is 0 Å². The summed E-state index contributed by atoms with van der Waals surface area (Å²) in [6, 6.07) is 15.6. The van der Waals surface area contributed by atoms with Crippen LogP contribution in [-0.2, 0) is 0 Å². The molecule has 114 valence electrons. The predicted octanol–water partition coefficient (Wildman–Crippen LogP) is 3.18. The van der Waals surface area contributed by atoms with Gasteiger partial charge in [-0.25, -0.2) is 0 Å². The van der Waals surface area contributed by atoms with Crippen molar-refractivity contribution in [1.82, 2.24) is 0 Å². The molecule has 0 saturated carbocycles. The largest absolute Gasteiger partial charge is 0.388 e. The summed E-state index contributed by atoms with van der Waals surface area (Å²) >= 11 is 0. The van der Waals surface area contributed by atoms with Crippen LogP contribution in [0, 0.1) is 47.4 Å². The van der Waals surface area contributed by atoms with E-state index >= 15 is 0 Å². The predicted molar refractivity (Wildman–Crippen MR) is 101 cm³/mol. The Morgan fingerprint density at radius 2 is 0.833 bits per heavy atom. The Morgan fingerprint density at radius 1 is 0.500 bits per heavy atom. The lowest BCUT2D eigenvalue weighted by Gasteiger charge is -1.97. The van der Waals surface area contributed by atoms with Crippen molar-refractivity contribution in [3.05, 3.63) is 59.7 Å². The highest BCUT2D eigenvalue weighted by atomic mass is 14.8.